The minimum Gasteiger partial charge on any atom is -0.214 e. The minimum atomic E-state index is -1.15. The van der Waals surface area contributed by atoms with Crippen molar-refractivity contribution in [3.63, 3.8) is 0 Å². The summed E-state index contributed by atoms with van der Waals surface area (Å²) in [4.78, 5) is 0. The largest absolute Gasteiger partial charge is 0.214 e. The van der Waals surface area contributed by atoms with Crippen molar-refractivity contribution in [2.75, 3.05) is 0 Å². The van der Waals surface area contributed by atoms with Gasteiger partial charge in [-0.05, 0) is 0 Å². The van der Waals surface area contributed by atoms with E-state index in [2.05, 4.69) is 34.3 Å². The molecule has 0 spiro atoms. The first-order chi connectivity index (χ1) is 4.06. The summed E-state index contributed by atoms with van der Waals surface area (Å²) < 4.78 is 3.73. The molecule has 0 radical (unpaired) electrons. The quantitative estimate of drug-likeness (QED) is 0.271. The van der Waals surface area contributed by atoms with Crippen molar-refractivity contribution in [3.05, 3.63) is 0 Å². The van der Waals surface area contributed by atoms with Gasteiger partial charge < -0.3 is 0 Å². The maximum Gasteiger partial charge on any atom is 0.129 e. The van der Waals surface area contributed by atoms with E-state index in [1.165, 1.54) is 0 Å². The van der Waals surface area contributed by atoms with Crippen molar-refractivity contribution in [3.8, 4) is 11.5 Å². The molecule has 0 saturated carbocycles. The molecule has 0 aromatic rings. The van der Waals surface area contributed by atoms with E-state index >= 15 is 0 Å². The van der Waals surface area contributed by atoms with E-state index in [1.54, 1.807) is 6.21 Å². The summed E-state index contributed by atoms with van der Waals surface area (Å²) >= 11 is 1.92. The van der Waals surface area contributed by atoms with E-state index < -0.39 is 8.07 Å². The lowest BCUT2D eigenvalue weighted by atomic mass is 10.8. The Labute approximate surface area is 71.5 Å². The average molecular weight is 251 g/mol. The van der Waals surface area contributed by atoms with Crippen molar-refractivity contribution in [2.24, 2.45) is 3.21 Å². The second kappa shape index (κ2) is 4.07. The van der Waals surface area contributed by atoms with Crippen LogP contribution < -0.4 is 0 Å². The Balaban J connectivity index is 3.88. The van der Waals surface area contributed by atoms with Gasteiger partial charge >= 0.3 is 0 Å². The van der Waals surface area contributed by atoms with Crippen LogP contribution in [0.4, 0.5) is 0 Å². The van der Waals surface area contributed by atoms with Crippen LogP contribution in [0.5, 0.6) is 0 Å². The van der Waals surface area contributed by atoms with Gasteiger partial charge in [0.1, 0.15) is 8.07 Å². The molecule has 50 valence electrons. The summed E-state index contributed by atoms with van der Waals surface area (Å²) in [5.74, 6) is 2.89. The number of nitrogens with zero attached hydrogens (tertiary/aromatic N) is 1. The first-order valence-electron chi connectivity index (χ1n) is 2.72. The normalized spacial score (nSPS) is 11.1. The van der Waals surface area contributed by atoms with Crippen LogP contribution in [0, 0.1) is 11.5 Å². The standard InChI is InChI=1S/C6H10INSi/c1-9(2,3)6-4-5-8-7/h5H,1-3H3. The van der Waals surface area contributed by atoms with Crippen LogP contribution in [0.1, 0.15) is 0 Å². The number of hydrogen-bond donors (Lipinski definition) is 0. The minimum absolute atomic E-state index is 1.15. The molecule has 0 aromatic heterocycles. The highest BCUT2D eigenvalue weighted by molar-refractivity contribution is 14.1. The van der Waals surface area contributed by atoms with E-state index in [9.17, 15) is 0 Å². The average Bonchev–Trinajstić information content (AvgIpc) is 1.63. The maximum absolute atomic E-state index is 3.73. The van der Waals surface area contributed by atoms with Crippen LogP contribution in [0.3, 0.4) is 0 Å². The number of hydrogen-bond acceptors (Lipinski definition) is 1. The molecule has 0 rings (SSSR count). The summed E-state index contributed by atoms with van der Waals surface area (Å²) in [7, 11) is -1.15. The predicted molar refractivity (Wildman–Crippen MR) is 53.6 cm³/mol. The number of rotatable bonds is 0. The van der Waals surface area contributed by atoms with Crippen molar-refractivity contribution < 1.29 is 0 Å². The Bertz CT molecular complexity index is 158. The molecule has 0 unspecified atom stereocenters. The molecule has 3 heteroatoms. The third kappa shape index (κ3) is 8.18. The molecule has 0 fully saturated rings. The highest BCUT2D eigenvalue weighted by atomic mass is 127. The van der Waals surface area contributed by atoms with Crippen LogP contribution in [0.2, 0.25) is 19.6 Å². The van der Waals surface area contributed by atoms with Gasteiger partial charge in [0.15, 0.2) is 0 Å². The molecular formula is C6H10INSi. The van der Waals surface area contributed by atoms with E-state index in [0.29, 0.717) is 0 Å². The second-order valence-corrected chi connectivity index (χ2v) is 8.05. The maximum atomic E-state index is 3.73. The van der Waals surface area contributed by atoms with Crippen molar-refractivity contribution in [1.29, 1.82) is 0 Å². The third-order valence-corrected chi connectivity index (χ3v) is 1.73. The van der Waals surface area contributed by atoms with Crippen LogP contribution in [0.15, 0.2) is 3.21 Å². The summed E-state index contributed by atoms with van der Waals surface area (Å²) in [6.07, 6.45) is 1.64. The summed E-state index contributed by atoms with van der Waals surface area (Å²) in [6.45, 7) is 6.63. The lowest BCUT2D eigenvalue weighted by molar-refractivity contribution is 1.81. The van der Waals surface area contributed by atoms with Crippen LogP contribution in [-0.2, 0) is 0 Å². The van der Waals surface area contributed by atoms with Gasteiger partial charge in [0.2, 0.25) is 0 Å². The molecule has 0 aliphatic rings. The zero-order valence-electron chi connectivity index (χ0n) is 5.90. The number of halogens is 1. The first-order valence-corrected chi connectivity index (χ1v) is 7.18. The molecule has 0 amide bonds. The molecule has 0 heterocycles. The highest BCUT2D eigenvalue weighted by Crippen LogP contribution is 1.95. The first kappa shape index (κ1) is 9.18. The van der Waals surface area contributed by atoms with E-state index in [0.717, 1.165) is 0 Å². The van der Waals surface area contributed by atoms with Crippen LogP contribution in [-0.4, -0.2) is 14.3 Å². The zero-order chi connectivity index (χ0) is 7.33. The van der Waals surface area contributed by atoms with Crippen LogP contribution >= 0.6 is 22.9 Å². The zero-order valence-corrected chi connectivity index (χ0v) is 9.06. The fourth-order valence-electron chi connectivity index (χ4n) is 0.273. The molecule has 0 aromatic carbocycles. The van der Waals surface area contributed by atoms with Gasteiger partial charge in [0.05, 0.1) is 29.1 Å². The Morgan fingerprint density at radius 3 is 2.33 bits per heavy atom. The van der Waals surface area contributed by atoms with E-state index in [4.69, 9.17) is 0 Å². The fraction of sp³-hybridized carbons (Fsp3) is 0.500. The van der Waals surface area contributed by atoms with Gasteiger partial charge in [-0.25, -0.2) is 3.21 Å². The van der Waals surface area contributed by atoms with Gasteiger partial charge in [0.25, 0.3) is 0 Å². The Morgan fingerprint density at radius 2 is 2.00 bits per heavy atom. The SMILES string of the molecule is C[Si](C)(C)C#CC=NI. The smallest absolute Gasteiger partial charge is 0.129 e. The summed E-state index contributed by atoms with van der Waals surface area (Å²) in [6, 6.07) is 0. The summed E-state index contributed by atoms with van der Waals surface area (Å²) in [5, 5.41) is 0. The topological polar surface area (TPSA) is 12.4 Å². The molecule has 0 bridgehead atoms. The Kier molecular flexibility index (Phi) is 4.15. The monoisotopic (exact) mass is 251 g/mol. The van der Waals surface area contributed by atoms with E-state index in [1.807, 2.05) is 22.9 Å². The molecular weight excluding hydrogens is 241 g/mol. The van der Waals surface area contributed by atoms with Gasteiger partial charge in [-0.3, -0.25) is 0 Å². The predicted octanol–water partition coefficient (Wildman–Crippen LogP) is 2.29. The van der Waals surface area contributed by atoms with Gasteiger partial charge in [-0.15, -0.1) is 5.54 Å². The molecule has 0 N–H and O–H groups in total. The van der Waals surface area contributed by atoms with Crippen LogP contribution in [0.25, 0.3) is 0 Å². The summed E-state index contributed by atoms with van der Waals surface area (Å²) in [5.41, 5.74) is 3.16. The lowest BCUT2D eigenvalue weighted by Gasteiger charge is -2.01. The Hall–Kier alpha value is 0.177. The molecule has 1 nitrogen and oxygen atoms in total. The Morgan fingerprint density at radius 1 is 1.44 bits per heavy atom. The van der Waals surface area contributed by atoms with Gasteiger partial charge in [-0.1, -0.05) is 25.6 Å². The van der Waals surface area contributed by atoms with E-state index in [-0.39, 0.29) is 0 Å². The fourth-order valence-corrected chi connectivity index (χ4v) is 0.910. The van der Waals surface area contributed by atoms with Gasteiger partial charge in [0, 0.05) is 0 Å². The van der Waals surface area contributed by atoms with Crippen molar-refractivity contribution in [1.82, 2.24) is 0 Å². The van der Waals surface area contributed by atoms with Crippen molar-refractivity contribution >= 4 is 37.2 Å². The second-order valence-electron chi connectivity index (χ2n) is 2.75. The van der Waals surface area contributed by atoms with Gasteiger partial charge in [-0.2, -0.15) is 0 Å². The molecule has 0 saturated heterocycles. The molecule has 0 aliphatic heterocycles. The third-order valence-electron chi connectivity index (χ3n) is 0.561. The lowest BCUT2D eigenvalue weighted by Crippen LogP contribution is -2.16. The molecule has 0 aliphatic carbocycles. The molecule has 9 heavy (non-hydrogen) atoms. The van der Waals surface area contributed by atoms with Crippen molar-refractivity contribution in [2.45, 2.75) is 19.6 Å². The molecule has 0 atom stereocenters. The highest BCUT2D eigenvalue weighted by Gasteiger charge is 2.06.